The van der Waals surface area contributed by atoms with E-state index in [-0.39, 0.29) is 11.8 Å². The third-order valence-electron chi connectivity index (χ3n) is 4.78. The van der Waals surface area contributed by atoms with Crippen LogP contribution in [0, 0.1) is 0 Å². The Morgan fingerprint density at radius 1 is 1.35 bits per heavy atom. The van der Waals surface area contributed by atoms with Crippen molar-refractivity contribution >= 4 is 28.4 Å². The highest BCUT2D eigenvalue weighted by Gasteiger charge is 2.31. The molecule has 0 spiro atoms. The van der Waals surface area contributed by atoms with Gasteiger partial charge in [-0.25, -0.2) is 0 Å². The number of carbonyl (C=O) groups excluding carboxylic acids is 2. The summed E-state index contributed by atoms with van der Waals surface area (Å²) in [5, 5.41) is 3.83. The number of anilines is 1. The SMILES string of the molecule is COc1ccc2c(c1)c(N1CCCC1=O)c(C(=O)NCCN(C)C)n2C. The molecular weight excluding hydrogens is 332 g/mol. The summed E-state index contributed by atoms with van der Waals surface area (Å²) in [6, 6.07) is 5.69. The first-order valence-electron chi connectivity index (χ1n) is 8.83. The highest BCUT2D eigenvalue weighted by atomic mass is 16.5. The average Bonchev–Trinajstić information content (AvgIpc) is 3.15. The van der Waals surface area contributed by atoms with Crippen LogP contribution >= 0.6 is 0 Å². The van der Waals surface area contributed by atoms with Crippen LogP contribution in [0.3, 0.4) is 0 Å². The van der Waals surface area contributed by atoms with Crippen LogP contribution < -0.4 is 15.0 Å². The van der Waals surface area contributed by atoms with E-state index in [1.165, 1.54) is 0 Å². The second kappa shape index (κ2) is 7.37. The molecule has 7 nitrogen and oxygen atoms in total. The Morgan fingerprint density at radius 2 is 2.12 bits per heavy atom. The Labute approximate surface area is 153 Å². The summed E-state index contributed by atoms with van der Waals surface area (Å²) in [5.74, 6) is 0.595. The molecular formula is C19H26N4O3. The van der Waals surface area contributed by atoms with Gasteiger partial charge in [0.05, 0.1) is 18.3 Å². The molecule has 0 radical (unpaired) electrons. The van der Waals surface area contributed by atoms with E-state index in [1.807, 2.05) is 48.8 Å². The second-order valence-corrected chi connectivity index (χ2v) is 6.85. The smallest absolute Gasteiger partial charge is 0.270 e. The Hall–Kier alpha value is -2.54. The molecule has 1 aliphatic heterocycles. The normalized spacial score (nSPS) is 14.5. The molecule has 0 saturated carbocycles. The molecule has 1 aromatic heterocycles. The number of aromatic nitrogens is 1. The number of fused-ring (bicyclic) bond motifs is 1. The van der Waals surface area contributed by atoms with Crippen molar-refractivity contribution in [2.75, 3.05) is 45.7 Å². The van der Waals surface area contributed by atoms with Gasteiger partial charge >= 0.3 is 0 Å². The van der Waals surface area contributed by atoms with Crippen molar-refractivity contribution in [3.05, 3.63) is 23.9 Å². The minimum atomic E-state index is -0.167. The van der Waals surface area contributed by atoms with E-state index < -0.39 is 0 Å². The molecule has 1 N–H and O–H groups in total. The number of hydrogen-bond acceptors (Lipinski definition) is 4. The van der Waals surface area contributed by atoms with E-state index in [1.54, 1.807) is 12.0 Å². The number of aryl methyl sites for hydroxylation is 1. The number of ether oxygens (including phenoxy) is 1. The summed E-state index contributed by atoms with van der Waals surface area (Å²) in [6.45, 7) is 1.93. The molecule has 0 aliphatic carbocycles. The van der Waals surface area contributed by atoms with E-state index in [9.17, 15) is 9.59 Å². The van der Waals surface area contributed by atoms with Gasteiger partial charge in [-0.3, -0.25) is 9.59 Å². The minimum Gasteiger partial charge on any atom is -0.497 e. The minimum absolute atomic E-state index is 0.0580. The predicted octanol–water partition coefficient (Wildman–Crippen LogP) is 1.61. The van der Waals surface area contributed by atoms with Crippen molar-refractivity contribution in [1.29, 1.82) is 0 Å². The molecule has 26 heavy (non-hydrogen) atoms. The zero-order chi connectivity index (χ0) is 18.8. The first-order chi connectivity index (χ1) is 12.4. The van der Waals surface area contributed by atoms with Crippen LogP contribution in [0.1, 0.15) is 23.3 Å². The monoisotopic (exact) mass is 358 g/mol. The zero-order valence-electron chi connectivity index (χ0n) is 15.8. The zero-order valence-corrected chi connectivity index (χ0v) is 15.8. The fraction of sp³-hybridized carbons (Fsp3) is 0.474. The summed E-state index contributed by atoms with van der Waals surface area (Å²) in [6.07, 6.45) is 1.32. The Bertz CT molecular complexity index is 841. The van der Waals surface area contributed by atoms with Crippen LogP contribution in [0.2, 0.25) is 0 Å². The van der Waals surface area contributed by atoms with Crippen molar-refractivity contribution in [3.63, 3.8) is 0 Å². The number of amides is 2. The first-order valence-corrected chi connectivity index (χ1v) is 8.83. The van der Waals surface area contributed by atoms with E-state index in [0.29, 0.717) is 36.6 Å². The van der Waals surface area contributed by atoms with Crippen LogP contribution in [0.4, 0.5) is 5.69 Å². The van der Waals surface area contributed by atoms with Gasteiger partial charge in [-0.1, -0.05) is 0 Å². The number of hydrogen-bond donors (Lipinski definition) is 1. The lowest BCUT2D eigenvalue weighted by atomic mass is 10.2. The highest BCUT2D eigenvalue weighted by molar-refractivity contribution is 6.14. The molecule has 7 heteroatoms. The molecule has 140 valence electrons. The summed E-state index contributed by atoms with van der Waals surface area (Å²) in [5.41, 5.74) is 2.10. The van der Waals surface area contributed by atoms with Gasteiger partial charge in [-0.15, -0.1) is 0 Å². The maximum absolute atomic E-state index is 12.9. The lowest BCUT2D eigenvalue weighted by Crippen LogP contribution is -2.34. The van der Waals surface area contributed by atoms with Gasteiger partial charge < -0.3 is 24.4 Å². The largest absolute Gasteiger partial charge is 0.497 e. The molecule has 1 saturated heterocycles. The van der Waals surface area contributed by atoms with Crippen molar-refractivity contribution in [2.24, 2.45) is 7.05 Å². The molecule has 1 aromatic carbocycles. The molecule has 2 aromatic rings. The fourth-order valence-corrected chi connectivity index (χ4v) is 3.43. The molecule has 2 heterocycles. The fourth-order valence-electron chi connectivity index (χ4n) is 3.43. The number of benzene rings is 1. The molecule has 2 amide bonds. The van der Waals surface area contributed by atoms with Crippen molar-refractivity contribution in [3.8, 4) is 5.75 Å². The van der Waals surface area contributed by atoms with Gasteiger partial charge in [0.1, 0.15) is 11.4 Å². The number of methoxy groups -OCH3 is 1. The van der Waals surface area contributed by atoms with Gasteiger partial charge in [-0.05, 0) is 38.7 Å². The van der Waals surface area contributed by atoms with Gasteiger partial charge in [0.15, 0.2) is 0 Å². The summed E-state index contributed by atoms with van der Waals surface area (Å²) in [4.78, 5) is 29.1. The molecule has 0 unspecified atom stereocenters. The molecule has 1 fully saturated rings. The maximum atomic E-state index is 12.9. The number of nitrogens with one attached hydrogen (secondary N) is 1. The lowest BCUT2D eigenvalue weighted by Gasteiger charge is -2.18. The number of carbonyl (C=O) groups is 2. The van der Waals surface area contributed by atoms with Gasteiger partial charge in [0.25, 0.3) is 5.91 Å². The van der Waals surface area contributed by atoms with E-state index in [2.05, 4.69) is 5.32 Å². The molecule has 1 aliphatic rings. The van der Waals surface area contributed by atoms with Crippen LogP contribution in [0.15, 0.2) is 18.2 Å². The Kier molecular flexibility index (Phi) is 5.18. The van der Waals surface area contributed by atoms with Gasteiger partial charge in [-0.2, -0.15) is 0 Å². The molecule has 0 atom stereocenters. The second-order valence-electron chi connectivity index (χ2n) is 6.85. The first kappa shape index (κ1) is 18.3. The maximum Gasteiger partial charge on any atom is 0.270 e. The van der Waals surface area contributed by atoms with Crippen LogP contribution in [-0.2, 0) is 11.8 Å². The van der Waals surface area contributed by atoms with Crippen molar-refractivity contribution < 1.29 is 14.3 Å². The summed E-state index contributed by atoms with van der Waals surface area (Å²) < 4.78 is 7.21. The van der Waals surface area contributed by atoms with Crippen LogP contribution in [0.5, 0.6) is 5.75 Å². The standard InChI is InChI=1S/C19H26N4O3/c1-21(2)11-9-20-19(25)18-17(23-10-5-6-16(23)24)14-12-13(26-4)7-8-15(14)22(18)3/h7-8,12H,5-6,9-11H2,1-4H3,(H,20,25). The van der Waals surface area contributed by atoms with E-state index in [0.717, 1.165) is 23.9 Å². The third-order valence-corrected chi connectivity index (χ3v) is 4.78. The molecule has 0 bridgehead atoms. The lowest BCUT2D eigenvalue weighted by molar-refractivity contribution is -0.117. The van der Waals surface area contributed by atoms with Crippen LogP contribution in [0.25, 0.3) is 10.9 Å². The van der Waals surface area contributed by atoms with Crippen molar-refractivity contribution in [1.82, 2.24) is 14.8 Å². The summed E-state index contributed by atoms with van der Waals surface area (Å²) in [7, 11) is 7.40. The van der Waals surface area contributed by atoms with Crippen molar-refractivity contribution in [2.45, 2.75) is 12.8 Å². The van der Waals surface area contributed by atoms with Crippen LogP contribution in [-0.4, -0.2) is 62.1 Å². The average molecular weight is 358 g/mol. The van der Waals surface area contributed by atoms with E-state index >= 15 is 0 Å². The number of rotatable bonds is 6. The number of nitrogens with zero attached hydrogens (tertiary/aromatic N) is 3. The number of likely N-dealkylation sites (N-methyl/N-ethyl adjacent to an activating group) is 1. The Morgan fingerprint density at radius 3 is 2.73 bits per heavy atom. The quantitative estimate of drug-likeness (QED) is 0.852. The predicted molar refractivity (Wildman–Crippen MR) is 102 cm³/mol. The van der Waals surface area contributed by atoms with Gasteiger partial charge in [0.2, 0.25) is 5.91 Å². The Balaban J connectivity index is 2.09. The van der Waals surface area contributed by atoms with Gasteiger partial charge in [0, 0.05) is 38.5 Å². The third kappa shape index (κ3) is 3.26. The topological polar surface area (TPSA) is 66.8 Å². The highest BCUT2D eigenvalue weighted by Crippen LogP contribution is 2.37. The summed E-state index contributed by atoms with van der Waals surface area (Å²) >= 11 is 0. The molecule has 3 rings (SSSR count). The van der Waals surface area contributed by atoms with E-state index in [4.69, 9.17) is 4.74 Å².